The molecule has 142 valence electrons. The van der Waals surface area contributed by atoms with Gasteiger partial charge >= 0.3 is 0 Å². The van der Waals surface area contributed by atoms with E-state index in [1.807, 2.05) is 0 Å². The summed E-state index contributed by atoms with van der Waals surface area (Å²) >= 11 is 0. The van der Waals surface area contributed by atoms with Crippen molar-refractivity contribution < 1.29 is 21.6 Å². The fraction of sp³-hybridized carbons (Fsp3) is 0.294. The van der Waals surface area contributed by atoms with E-state index < -0.39 is 20.0 Å². The van der Waals surface area contributed by atoms with Gasteiger partial charge in [-0.15, -0.1) is 0 Å². The maximum absolute atomic E-state index is 12.5. The molecule has 0 radical (unpaired) electrons. The average Bonchev–Trinajstić information content (AvgIpc) is 2.63. The molecule has 0 saturated carbocycles. The molecule has 26 heavy (non-hydrogen) atoms. The molecule has 0 spiro atoms. The van der Waals surface area contributed by atoms with Gasteiger partial charge in [0.05, 0.1) is 16.9 Å². The Morgan fingerprint density at radius 2 is 1.35 bits per heavy atom. The molecule has 0 heterocycles. The van der Waals surface area contributed by atoms with E-state index in [9.17, 15) is 16.8 Å². The number of nitrogens with one attached hydrogen (secondary N) is 1. The van der Waals surface area contributed by atoms with E-state index >= 15 is 0 Å². The molecule has 0 unspecified atom stereocenters. The van der Waals surface area contributed by atoms with Crippen molar-refractivity contribution in [1.82, 2.24) is 4.31 Å². The molecule has 0 amide bonds. The highest BCUT2D eigenvalue weighted by Gasteiger charge is 2.22. The van der Waals surface area contributed by atoms with Crippen molar-refractivity contribution in [3.8, 4) is 5.75 Å². The normalized spacial score (nSPS) is 12.2. The Hall–Kier alpha value is -2.10. The third-order valence-electron chi connectivity index (χ3n) is 3.82. The molecule has 2 aromatic carbocycles. The van der Waals surface area contributed by atoms with E-state index in [-0.39, 0.29) is 9.79 Å². The van der Waals surface area contributed by atoms with Gasteiger partial charge in [-0.25, -0.2) is 16.8 Å². The predicted molar refractivity (Wildman–Crippen MR) is 100 cm³/mol. The lowest BCUT2D eigenvalue weighted by Gasteiger charge is -2.18. The van der Waals surface area contributed by atoms with Crippen LogP contribution in [0.1, 0.15) is 13.8 Å². The molecular formula is C17H22N2O5S2. The number of hydrogen-bond donors (Lipinski definition) is 1. The molecule has 0 atom stereocenters. The summed E-state index contributed by atoms with van der Waals surface area (Å²) in [6, 6.07) is 11.6. The molecule has 2 rings (SSSR count). The van der Waals surface area contributed by atoms with Crippen LogP contribution < -0.4 is 9.46 Å². The van der Waals surface area contributed by atoms with Crippen molar-refractivity contribution in [2.75, 3.05) is 24.9 Å². The van der Waals surface area contributed by atoms with Gasteiger partial charge < -0.3 is 4.74 Å². The summed E-state index contributed by atoms with van der Waals surface area (Å²) in [5.74, 6) is 0.610. The molecule has 7 nitrogen and oxygen atoms in total. The molecule has 0 aliphatic heterocycles. The first-order chi connectivity index (χ1) is 12.2. The van der Waals surface area contributed by atoms with Crippen LogP contribution in [0.15, 0.2) is 58.3 Å². The van der Waals surface area contributed by atoms with Gasteiger partial charge in [0.15, 0.2) is 0 Å². The molecule has 0 fully saturated rings. The zero-order chi connectivity index (χ0) is 19.4. The topological polar surface area (TPSA) is 92.8 Å². The molecule has 0 aromatic heterocycles. The van der Waals surface area contributed by atoms with Crippen LogP contribution in [0.2, 0.25) is 0 Å². The van der Waals surface area contributed by atoms with Gasteiger partial charge in [-0.1, -0.05) is 13.8 Å². The lowest BCUT2D eigenvalue weighted by molar-refractivity contribution is 0.415. The third-order valence-corrected chi connectivity index (χ3v) is 7.28. The second-order valence-electron chi connectivity index (χ2n) is 5.39. The number of nitrogens with zero attached hydrogens (tertiary/aromatic N) is 1. The SMILES string of the molecule is CCN(CC)S(=O)(=O)c1ccc(S(=O)(=O)Nc2ccc(OC)cc2)cc1. The van der Waals surface area contributed by atoms with Crippen molar-refractivity contribution in [3.63, 3.8) is 0 Å². The second kappa shape index (κ2) is 8.07. The number of methoxy groups -OCH3 is 1. The Balaban J connectivity index is 2.25. The Morgan fingerprint density at radius 3 is 1.81 bits per heavy atom. The standard InChI is InChI=1S/C17H22N2O5S2/c1-4-19(5-2)26(22,23)17-12-10-16(11-13-17)25(20,21)18-14-6-8-15(24-3)9-7-14/h6-13,18H,4-5H2,1-3H3. The van der Waals surface area contributed by atoms with E-state index in [0.717, 1.165) is 0 Å². The second-order valence-corrected chi connectivity index (χ2v) is 9.02. The van der Waals surface area contributed by atoms with Crippen LogP contribution in [0.4, 0.5) is 5.69 Å². The Bertz CT molecular complexity index is 934. The molecular weight excluding hydrogens is 376 g/mol. The average molecular weight is 399 g/mol. The van der Waals surface area contributed by atoms with Crippen molar-refractivity contribution >= 4 is 25.7 Å². The Labute approximate surface area is 154 Å². The van der Waals surface area contributed by atoms with Gasteiger partial charge in [0.2, 0.25) is 10.0 Å². The first kappa shape index (κ1) is 20.2. The van der Waals surface area contributed by atoms with Crippen molar-refractivity contribution in [3.05, 3.63) is 48.5 Å². The van der Waals surface area contributed by atoms with E-state index in [0.29, 0.717) is 24.5 Å². The van der Waals surface area contributed by atoms with Gasteiger partial charge in [-0.05, 0) is 48.5 Å². The summed E-state index contributed by atoms with van der Waals surface area (Å²) in [6.45, 7) is 4.19. The summed E-state index contributed by atoms with van der Waals surface area (Å²) in [6.07, 6.45) is 0. The monoisotopic (exact) mass is 398 g/mol. The predicted octanol–water partition coefficient (Wildman–Crippen LogP) is 2.53. The fourth-order valence-electron chi connectivity index (χ4n) is 2.38. The minimum Gasteiger partial charge on any atom is -0.497 e. The largest absolute Gasteiger partial charge is 0.497 e. The van der Waals surface area contributed by atoms with Crippen molar-refractivity contribution in [1.29, 1.82) is 0 Å². The van der Waals surface area contributed by atoms with E-state index in [2.05, 4.69) is 4.72 Å². The van der Waals surface area contributed by atoms with Gasteiger partial charge in [0.1, 0.15) is 5.75 Å². The highest BCUT2D eigenvalue weighted by molar-refractivity contribution is 7.92. The molecule has 9 heteroatoms. The summed E-state index contributed by atoms with van der Waals surface area (Å²) in [7, 11) is -5.93. The zero-order valence-electron chi connectivity index (χ0n) is 14.8. The number of anilines is 1. The molecule has 2 aromatic rings. The summed E-state index contributed by atoms with van der Waals surface area (Å²) in [5.41, 5.74) is 0.380. The van der Waals surface area contributed by atoms with Gasteiger partial charge in [0, 0.05) is 18.8 Å². The maximum atomic E-state index is 12.5. The van der Waals surface area contributed by atoms with Crippen LogP contribution in [-0.2, 0) is 20.0 Å². The zero-order valence-corrected chi connectivity index (χ0v) is 16.5. The van der Waals surface area contributed by atoms with Crippen LogP contribution in [0, 0.1) is 0 Å². The van der Waals surface area contributed by atoms with Crippen LogP contribution in [0.25, 0.3) is 0 Å². The first-order valence-corrected chi connectivity index (χ1v) is 10.9. The summed E-state index contributed by atoms with van der Waals surface area (Å²) < 4.78 is 58.6. The summed E-state index contributed by atoms with van der Waals surface area (Å²) in [4.78, 5) is 0.0383. The lowest BCUT2D eigenvalue weighted by atomic mass is 10.3. The molecule has 0 aliphatic rings. The van der Waals surface area contributed by atoms with Crippen LogP contribution >= 0.6 is 0 Å². The number of rotatable bonds is 8. The number of ether oxygens (including phenoxy) is 1. The minimum absolute atomic E-state index is 0.0215. The Kier molecular flexibility index (Phi) is 6.27. The third kappa shape index (κ3) is 4.35. The van der Waals surface area contributed by atoms with E-state index in [1.165, 1.54) is 35.7 Å². The Morgan fingerprint density at radius 1 is 0.846 bits per heavy atom. The van der Waals surface area contributed by atoms with Gasteiger partial charge in [-0.2, -0.15) is 4.31 Å². The summed E-state index contributed by atoms with van der Waals surface area (Å²) in [5, 5.41) is 0. The van der Waals surface area contributed by atoms with Crippen LogP contribution in [-0.4, -0.2) is 41.3 Å². The maximum Gasteiger partial charge on any atom is 0.261 e. The van der Waals surface area contributed by atoms with Gasteiger partial charge in [-0.3, -0.25) is 4.72 Å². The highest BCUT2D eigenvalue weighted by Crippen LogP contribution is 2.21. The molecule has 1 N–H and O–H groups in total. The molecule has 0 saturated heterocycles. The first-order valence-electron chi connectivity index (χ1n) is 8.01. The van der Waals surface area contributed by atoms with Crippen molar-refractivity contribution in [2.24, 2.45) is 0 Å². The van der Waals surface area contributed by atoms with Gasteiger partial charge in [0.25, 0.3) is 10.0 Å². The van der Waals surface area contributed by atoms with Crippen LogP contribution in [0.3, 0.4) is 0 Å². The molecule has 0 bridgehead atoms. The number of benzene rings is 2. The number of hydrogen-bond acceptors (Lipinski definition) is 5. The fourth-order valence-corrected chi connectivity index (χ4v) is 4.89. The lowest BCUT2D eigenvalue weighted by Crippen LogP contribution is -2.30. The van der Waals surface area contributed by atoms with E-state index in [1.54, 1.807) is 38.1 Å². The van der Waals surface area contributed by atoms with E-state index in [4.69, 9.17) is 4.74 Å². The van der Waals surface area contributed by atoms with Crippen LogP contribution in [0.5, 0.6) is 5.75 Å². The minimum atomic E-state index is -3.83. The number of sulfonamides is 2. The van der Waals surface area contributed by atoms with Crippen molar-refractivity contribution in [2.45, 2.75) is 23.6 Å². The quantitative estimate of drug-likeness (QED) is 0.738. The highest BCUT2D eigenvalue weighted by atomic mass is 32.2. The molecule has 0 aliphatic carbocycles. The smallest absolute Gasteiger partial charge is 0.261 e.